The Morgan fingerprint density at radius 1 is 0.408 bits per heavy atom. The minimum Gasteiger partial charge on any atom is -0.310 e. The van der Waals surface area contributed by atoms with E-state index >= 15 is 0 Å². The summed E-state index contributed by atoms with van der Waals surface area (Å²) in [4.78, 5) is 2.43. The fourth-order valence-corrected chi connectivity index (χ4v) is 9.21. The normalized spacial score (nSPS) is 13.3. The van der Waals surface area contributed by atoms with Crippen molar-refractivity contribution < 1.29 is 0 Å². The second-order valence-electron chi connectivity index (χ2n) is 13.8. The summed E-state index contributed by atoms with van der Waals surface area (Å²) in [5.74, 6) is 0. The Balaban J connectivity index is 1.13. The molecule has 0 unspecified atom stereocenters. The number of nitrogens with zero attached hydrogens (tertiary/aromatic N) is 1. The number of fused-ring (bicyclic) bond motifs is 8. The minimum atomic E-state index is -0.0784. The zero-order valence-electron chi connectivity index (χ0n) is 27.4. The number of hydrogen-bond acceptors (Lipinski definition) is 2. The zero-order chi connectivity index (χ0) is 32.7. The van der Waals surface area contributed by atoms with Crippen molar-refractivity contribution in [2.75, 3.05) is 4.90 Å². The van der Waals surface area contributed by atoms with Gasteiger partial charge in [-0.05, 0) is 110 Å². The highest BCUT2D eigenvalue weighted by atomic mass is 32.1. The summed E-state index contributed by atoms with van der Waals surface area (Å²) in [5, 5.41) is 7.74. The Morgan fingerprint density at radius 2 is 1.00 bits per heavy atom. The van der Waals surface area contributed by atoms with E-state index in [-0.39, 0.29) is 5.41 Å². The van der Waals surface area contributed by atoms with Crippen LogP contribution in [0.2, 0.25) is 0 Å². The van der Waals surface area contributed by atoms with Crippen LogP contribution in [0.15, 0.2) is 164 Å². The molecule has 8 aromatic carbocycles. The van der Waals surface area contributed by atoms with Crippen molar-refractivity contribution in [2.45, 2.75) is 19.3 Å². The smallest absolute Gasteiger partial charge is 0.0476 e. The lowest BCUT2D eigenvalue weighted by molar-refractivity contribution is 0.660. The van der Waals surface area contributed by atoms with Crippen LogP contribution in [0.5, 0.6) is 0 Å². The van der Waals surface area contributed by atoms with Gasteiger partial charge >= 0.3 is 0 Å². The molecule has 0 radical (unpaired) electrons. The summed E-state index contributed by atoms with van der Waals surface area (Å²) < 4.78 is 2.63. The number of hydrogen-bond donors (Lipinski definition) is 0. The van der Waals surface area contributed by atoms with Crippen molar-refractivity contribution in [3.05, 3.63) is 175 Å². The molecule has 0 bridgehead atoms. The molecule has 1 aliphatic rings. The standard InChI is InChI=1S/C47H33NS/c1-47(2)43-14-8-7-13-39(43)40-23-21-37(28-44(40)47)48(36-19-17-31(18-20-36)35-16-15-30-9-3-4-10-32(30)25-35)38-22-24-41-42-26-33-11-5-6-12-34(33)27-45(42)49-46(41)29-38/h3-29H,1-2H3. The first-order valence-electron chi connectivity index (χ1n) is 17.0. The minimum absolute atomic E-state index is 0.0784. The summed E-state index contributed by atoms with van der Waals surface area (Å²) in [7, 11) is 0. The average Bonchev–Trinajstić information content (AvgIpc) is 3.61. The first-order valence-corrected chi connectivity index (χ1v) is 17.8. The fourth-order valence-electron chi connectivity index (χ4n) is 8.04. The van der Waals surface area contributed by atoms with Crippen molar-refractivity contribution in [3.63, 3.8) is 0 Å². The maximum atomic E-state index is 2.43. The van der Waals surface area contributed by atoms with Crippen molar-refractivity contribution in [2.24, 2.45) is 0 Å². The predicted octanol–water partition coefficient (Wildman–Crippen LogP) is 13.8. The van der Waals surface area contributed by atoms with Crippen LogP contribution in [0, 0.1) is 0 Å². The molecule has 1 aliphatic carbocycles. The molecule has 0 spiro atoms. The van der Waals surface area contributed by atoms with Gasteiger partial charge in [0, 0.05) is 42.6 Å². The molecule has 2 heteroatoms. The van der Waals surface area contributed by atoms with E-state index in [9.17, 15) is 0 Å². The summed E-state index contributed by atoms with van der Waals surface area (Å²) in [5.41, 5.74) is 11.3. The van der Waals surface area contributed by atoms with Crippen molar-refractivity contribution >= 4 is 70.1 Å². The third-order valence-electron chi connectivity index (χ3n) is 10.6. The van der Waals surface area contributed by atoms with Crippen molar-refractivity contribution in [1.82, 2.24) is 0 Å². The quantitative estimate of drug-likeness (QED) is 0.184. The molecule has 0 fully saturated rings. The monoisotopic (exact) mass is 643 g/mol. The number of benzene rings is 8. The van der Waals surface area contributed by atoms with Crippen LogP contribution < -0.4 is 4.90 Å². The zero-order valence-corrected chi connectivity index (χ0v) is 28.3. The average molecular weight is 644 g/mol. The Labute approximate surface area is 290 Å². The van der Waals surface area contributed by atoms with Gasteiger partial charge in [0.1, 0.15) is 0 Å². The number of anilines is 3. The van der Waals surface area contributed by atoms with E-state index in [1.165, 1.54) is 80.8 Å². The fraction of sp³-hybridized carbons (Fsp3) is 0.0638. The molecule has 0 saturated carbocycles. The summed E-state index contributed by atoms with van der Waals surface area (Å²) >= 11 is 1.88. The van der Waals surface area contributed by atoms with Gasteiger partial charge in [0.05, 0.1) is 0 Å². The van der Waals surface area contributed by atoms with Crippen LogP contribution >= 0.6 is 11.3 Å². The Morgan fingerprint density at radius 3 is 1.82 bits per heavy atom. The van der Waals surface area contributed by atoms with Gasteiger partial charge in [-0.1, -0.05) is 123 Å². The Kier molecular flexibility index (Phi) is 6.16. The SMILES string of the molecule is CC1(C)c2ccccc2-c2ccc(N(c3ccc(-c4ccc5ccccc5c4)cc3)c3ccc4c(c3)sc3cc5ccccc5cc34)cc21. The van der Waals surface area contributed by atoms with E-state index in [1.54, 1.807) is 0 Å². The van der Waals surface area contributed by atoms with E-state index < -0.39 is 0 Å². The molecule has 10 rings (SSSR count). The van der Waals surface area contributed by atoms with Gasteiger partial charge in [-0.3, -0.25) is 0 Å². The van der Waals surface area contributed by atoms with Gasteiger partial charge in [0.2, 0.25) is 0 Å². The maximum Gasteiger partial charge on any atom is 0.0476 e. The first-order chi connectivity index (χ1) is 24.0. The molecule has 49 heavy (non-hydrogen) atoms. The van der Waals surface area contributed by atoms with Gasteiger partial charge in [0.25, 0.3) is 0 Å². The number of rotatable bonds is 4. The summed E-state index contributed by atoms with van der Waals surface area (Å²) in [6, 6.07) is 60.7. The van der Waals surface area contributed by atoms with Gasteiger partial charge in [-0.2, -0.15) is 0 Å². The molecule has 0 aliphatic heterocycles. The summed E-state index contributed by atoms with van der Waals surface area (Å²) in [6.45, 7) is 4.72. The predicted molar refractivity (Wildman–Crippen MR) is 212 cm³/mol. The van der Waals surface area contributed by atoms with Crippen molar-refractivity contribution in [3.8, 4) is 22.3 Å². The summed E-state index contributed by atoms with van der Waals surface area (Å²) in [6.07, 6.45) is 0. The molecule has 0 N–H and O–H groups in total. The largest absolute Gasteiger partial charge is 0.310 e. The highest BCUT2D eigenvalue weighted by Crippen LogP contribution is 2.51. The lowest BCUT2D eigenvalue weighted by atomic mass is 9.82. The van der Waals surface area contributed by atoms with Gasteiger partial charge in [0.15, 0.2) is 0 Å². The molecule has 0 atom stereocenters. The first kappa shape index (κ1) is 28.3. The van der Waals surface area contributed by atoms with E-state index in [0.29, 0.717) is 0 Å². The molecule has 1 aromatic heterocycles. The second kappa shape index (κ2) is 10.7. The molecular weight excluding hydrogens is 611 g/mol. The molecule has 0 amide bonds. The van der Waals surface area contributed by atoms with Gasteiger partial charge in [-0.25, -0.2) is 0 Å². The lowest BCUT2D eigenvalue weighted by Crippen LogP contribution is -2.16. The molecule has 1 heterocycles. The van der Waals surface area contributed by atoms with E-state index in [4.69, 9.17) is 0 Å². The Hall–Kier alpha value is -5.70. The topological polar surface area (TPSA) is 3.24 Å². The van der Waals surface area contributed by atoms with E-state index in [0.717, 1.165) is 11.4 Å². The molecule has 1 nitrogen and oxygen atoms in total. The molecule has 9 aromatic rings. The van der Waals surface area contributed by atoms with Gasteiger partial charge in [-0.15, -0.1) is 11.3 Å². The van der Waals surface area contributed by atoms with Crippen molar-refractivity contribution in [1.29, 1.82) is 0 Å². The Bertz CT molecular complexity index is 2750. The van der Waals surface area contributed by atoms with Crippen LogP contribution in [0.3, 0.4) is 0 Å². The van der Waals surface area contributed by atoms with Crippen LogP contribution in [-0.4, -0.2) is 0 Å². The third kappa shape index (κ3) is 4.45. The highest BCUT2D eigenvalue weighted by Gasteiger charge is 2.35. The molecule has 232 valence electrons. The van der Waals surface area contributed by atoms with Crippen LogP contribution in [0.4, 0.5) is 17.1 Å². The van der Waals surface area contributed by atoms with Crippen LogP contribution in [0.1, 0.15) is 25.0 Å². The second-order valence-corrected chi connectivity index (χ2v) is 14.9. The molecular formula is C47H33NS. The number of thiophene rings is 1. The third-order valence-corrected chi connectivity index (χ3v) is 11.7. The van der Waals surface area contributed by atoms with Crippen LogP contribution in [-0.2, 0) is 5.41 Å². The van der Waals surface area contributed by atoms with E-state index in [1.807, 2.05) is 11.3 Å². The maximum absolute atomic E-state index is 2.43. The van der Waals surface area contributed by atoms with Gasteiger partial charge < -0.3 is 4.90 Å². The van der Waals surface area contributed by atoms with E-state index in [2.05, 4.69) is 183 Å². The highest BCUT2D eigenvalue weighted by molar-refractivity contribution is 7.25. The lowest BCUT2D eigenvalue weighted by Gasteiger charge is -2.28. The molecule has 0 saturated heterocycles. The van der Waals surface area contributed by atoms with Crippen LogP contribution in [0.25, 0.3) is 64.0 Å².